The summed E-state index contributed by atoms with van der Waals surface area (Å²) in [6.07, 6.45) is 2.04. The van der Waals surface area contributed by atoms with Gasteiger partial charge in [-0.05, 0) is 43.4 Å². The van der Waals surface area contributed by atoms with Gasteiger partial charge in [-0.15, -0.1) is 0 Å². The number of hydrogen-bond acceptors (Lipinski definition) is 1. The maximum absolute atomic E-state index is 13.8. The molecule has 1 fully saturated rings. The molecule has 0 bridgehead atoms. The SMILES string of the molecule is Cc1ccc(C(=O)N2CCCC2C(C)C)c(F)c1. The smallest absolute Gasteiger partial charge is 0.257 e. The van der Waals surface area contributed by atoms with E-state index in [4.69, 9.17) is 0 Å². The Hall–Kier alpha value is -1.38. The third-order valence-electron chi connectivity index (χ3n) is 3.68. The second-order valence-electron chi connectivity index (χ2n) is 5.44. The van der Waals surface area contributed by atoms with E-state index >= 15 is 0 Å². The molecule has 2 nitrogen and oxygen atoms in total. The van der Waals surface area contributed by atoms with E-state index in [0.29, 0.717) is 5.92 Å². The molecular formula is C15H20FNO. The number of likely N-dealkylation sites (tertiary alicyclic amines) is 1. The summed E-state index contributed by atoms with van der Waals surface area (Å²) < 4.78 is 13.8. The summed E-state index contributed by atoms with van der Waals surface area (Å²) in [7, 11) is 0. The molecule has 18 heavy (non-hydrogen) atoms. The molecule has 1 amide bonds. The average Bonchev–Trinajstić information content (AvgIpc) is 2.77. The van der Waals surface area contributed by atoms with Crippen LogP contribution < -0.4 is 0 Å². The van der Waals surface area contributed by atoms with Crippen LogP contribution in [0.5, 0.6) is 0 Å². The van der Waals surface area contributed by atoms with Gasteiger partial charge in [-0.3, -0.25) is 4.79 Å². The van der Waals surface area contributed by atoms with Gasteiger partial charge in [0, 0.05) is 12.6 Å². The summed E-state index contributed by atoms with van der Waals surface area (Å²) >= 11 is 0. The molecule has 98 valence electrons. The van der Waals surface area contributed by atoms with E-state index in [2.05, 4.69) is 13.8 Å². The quantitative estimate of drug-likeness (QED) is 0.786. The van der Waals surface area contributed by atoms with Gasteiger partial charge >= 0.3 is 0 Å². The van der Waals surface area contributed by atoms with Crippen molar-refractivity contribution in [2.75, 3.05) is 6.54 Å². The molecule has 1 unspecified atom stereocenters. The number of rotatable bonds is 2. The summed E-state index contributed by atoms with van der Waals surface area (Å²) in [4.78, 5) is 14.2. The van der Waals surface area contributed by atoms with Crippen LogP contribution in [0, 0.1) is 18.7 Å². The lowest BCUT2D eigenvalue weighted by molar-refractivity contribution is 0.0697. The standard InChI is InChI=1S/C15H20FNO/c1-10(2)14-5-4-8-17(14)15(18)12-7-6-11(3)9-13(12)16/h6-7,9-10,14H,4-5,8H2,1-3H3. The fourth-order valence-corrected chi connectivity index (χ4v) is 2.69. The van der Waals surface area contributed by atoms with Crippen LogP contribution in [-0.2, 0) is 0 Å². The monoisotopic (exact) mass is 249 g/mol. The Labute approximate surface area is 108 Å². The number of benzene rings is 1. The minimum Gasteiger partial charge on any atom is -0.335 e. The first-order chi connectivity index (χ1) is 8.50. The number of amides is 1. The highest BCUT2D eigenvalue weighted by Crippen LogP contribution is 2.26. The zero-order valence-corrected chi connectivity index (χ0v) is 11.2. The largest absolute Gasteiger partial charge is 0.335 e. The molecule has 0 aromatic heterocycles. The maximum atomic E-state index is 13.8. The lowest BCUT2D eigenvalue weighted by atomic mass is 10.0. The molecule has 1 saturated heterocycles. The molecule has 0 spiro atoms. The molecule has 0 radical (unpaired) electrons. The molecule has 3 heteroatoms. The predicted molar refractivity (Wildman–Crippen MR) is 70.0 cm³/mol. The topological polar surface area (TPSA) is 20.3 Å². The molecule has 1 aromatic rings. The molecule has 1 aliphatic rings. The number of carbonyl (C=O) groups excluding carboxylic acids is 1. The van der Waals surface area contributed by atoms with Crippen molar-refractivity contribution >= 4 is 5.91 Å². The fraction of sp³-hybridized carbons (Fsp3) is 0.533. The highest BCUT2D eigenvalue weighted by molar-refractivity contribution is 5.95. The van der Waals surface area contributed by atoms with Crippen LogP contribution in [0.1, 0.15) is 42.6 Å². The Balaban J connectivity index is 2.25. The van der Waals surface area contributed by atoms with Gasteiger partial charge in [-0.1, -0.05) is 19.9 Å². The first-order valence-corrected chi connectivity index (χ1v) is 6.58. The lowest BCUT2D eigenvalue weighted by Gasteiger charge is -2.27. The van der Waals surface area contributed by atoms with Gasteiger partial charge < -0.3 is 4.90 Å². The van der Waals surface area contributed by atoms with Gasteiger partial charge in [0.15, 0.2) is 0 Å². The van der Waals surface area contributed by atoms with E-state index in [0.717, 1.165) is 24.9 Å². The number of halogens is 1. The second kappa shape index (κ2) is 5.09. The van der Waals surface area contributed by atoms with Crippen LogP contribution in [0.25, 0.3) is 0 Å². The van der Waals surface area contributed by atoms with Crippen LogP contribution in [0.3, 0.4) is 0 Å². The molecule has 1 atom stereocenters. The predicted octanol–water partition coefficient (Wildman–Crippen LogP) is 3.39. The van der Waals surface area contributed by atoms with E-state index in [1.165, 1.54) is 6.07 Å². The Morgan fingerprint density at radius 2 is 2.17 bits per heavy atom. The van der Waals surface area contributed by atoms with Crippen molar-refractivity contribution in [3.63, 3.8) is 0 Å². The van der Waals surface area contributed by atoms with Crippen LogP contribution in [0.2, 0.25) is 0 Å². The van der Waals surface area contributed by atoms with Gasteiger partial charge in [-0.2, -0.15) is 0 Å². The Kier molecular flexibility index (Phi) is 3.69. The minimum atomic E-state index is -0.408. The zero-order chi connectivity index (χ0) is 13.3. The highest BCUT2D eigenvalue weighted by atomic mass is 19.1. The van der Waals surface area contributed by atoms with Gasteiger partial charge in [0.1, 0.15) is 5.82 Å². The molecule has 1 aromatic carbocycles. The summed E-state index contributed by atoms with van der Waals surface area (Å²) in [6.45, 7) is 6.79. The Morgan fingerprint density at radius 1 is 1.44 bits per heavy atom. The van der Waals surface area contributed by atoms with Crippen molar-refractivity contribution in [1.29, 1.82) is 0 Å². The van der Waals surface area contributed by atoms with E-state index in [1.807, 2.05) is 11.8 Å². The van der Waals surface area contributed by atoms with Gasteiger partial charge in [0.2, 0.25) is 0 Å². The third-order valence-corrected chi connectivity index (χ3v) is 3.68. The summed E-state index contributed by atoms with van der Waals surface area (Å²) in [5.41, 5.74) is 1.04. The van der Waals surface area contributed by atoms with Crippen LogP contribution in [-0.4, -0.2) is 23.4 Å². The molecule has 1 aliphatic heterocycles. The molecule has 0 saturated carbocycles. The van der Waals surface area contributed by atoms with Crippen LogP contribution in [0.15, 0.2) is 18.2 Å². The van der Waals surface area contributed by atoms with Crippen molar-refractivity contribution in [3.05, 3.63) is 35.1 Å². The first kappa shape index (κ1) is 13.1. The number of carbonyl (C=O) groups is 1. The number of nitrogens with zero attached hydrogens (tertiary/aromatic N) is 1. The summed E-state index contributed by atoms with van der Waals surface area (Å²) in [5, 5.41) is 0. The minimum absolute atomic E-state index is 0.163. The van der Waals surface area contributed by atoms with Gasteiger partial charge in [-0.25, -0.2) is 4.39 Å². The van der Waals surface area contributed by atoms with Crippen molar-refractivity contribution in [3.8, 4) is 0 Å². The first-order valence-electron chi connectivity index (χ1n) is 6.58. The van der Waals surface area contributed by atoms with E-state index < -0.39 is 5.82 Å². The fourth-order valence-electron chi connectivity index (χ4n) is 2.69. The Morgan fingerprint density at radius 3 is 2.78 bits per heavy atom. The van der Waals surface area contributed by atoms with Crippen LogP contribution in [0.4, 0.5) is 4.39 Å². The normalized spacial score (nSPS) is 19.6. The van der Waals surface area contributed by atoms with E-state index in [-0.39, 0.29) is 17.5 Å². The average molecular weight is 249 g/mol. The molecule has 2 rings (SSSR count). The molecule has 0 N–H and O–H groups in total. The van der Waals surface area contributed by atoms with Crippen molar-refractivity contribution < 1.29 is 9.18 Å². The number of hydrogen-bond donors (Lipinski definition) is 0. The summed E-state index contributed by atoms with van der Waals surface area (Å²) in [6, 6.07) is 5.06. The maximum Gasteiger partial charge on any atom is 0.257 e. The van der Waals surface area contributed by atoms with Crippen molar-refractivity contribution in [1.82, 2.24) is 4.90 Å². The molecule has 1 heterocycles. The van der Waals surface area contributed by atoms with Crippen molar-refractivity contribution in [2.45, 2.75) is 39.7 Å². The van der Waals surface area contributed by atoms with Crippen LogP contribution >= 0.6 is 0 Å². The van der Waals surface area contributed by atoms with Gasteiger partial charge in [0.25, 0.3) is 5.91 Å². The summed E-state index contributed by atoms with van der Waals surface area (Å²) in [5.74, 6) is -0.150. The van der Waals surface area contributed by atoms with E-state index in [9.17, 15) is 9.18 Å². The third kappa shape index (κ3) is 2.40. The lowest BCUT2D eigenvalue weighted by Crippen LogP contribution is -2.38. The second-order valence-corrected chi connectivity index (χ2v) is 5.44. The Bertz CT molecular complexity index is 456. The zero-order valence-electron chi connectivity index (χ0n) is 11.2. The number of aryl methyl sites for hydroxylation is 1. The van der Waals surface area contributed by atoms with E-state index in [1.54, 1.807) is 12.1 Å². The molecular weight excluding hydrogens is 229 g/mol. The van der Waals surface area contributed by atoms with Crippen molar-refractivity contribution in [2.24, 2.45) is 5.92 Å². The molecule has 0 aliphatic carbocycles. The highest BCUT2D eigenvalue weighted by Gasteiger charge is 2.32. The van der Waals surface area contributed by atoms with Gasteiger partial charge in [0.05, 0.1) is 5.56 Å².